The lowest BCUT2D eigenvalue weighted by Crippen LogP contribution is -2.51. The van der Waals surface area contributed by atoms with E-state index in [4.69, 9.17) is 9.72 Å². The number of aromatic carboxylic acids is 1. The average Bonchev–Trinajstić information content (AvgIpc) is 3.28. The van der Waals surface area contributed by atoms with Crippen LogP contribution in [0.15, 0.2) is 24.3 Å². The van der Waals surface area contributed by atoms with Gasteiger partial charge in [-0.3, -0.25) is 4.79 Å². The highest BCUT2D eigenvalue weighted by atomic mass is 16.5. The van der Waals surface area contributed by atoms with Gasteiger partial charge >= 0.3 is 5.97 Å². The van der Waals surface area contributed by atoms with Crippen LogP contribution in [0.3, 0.4) is 0 Å². The molecular weight excluding hydrogens is 454 g/mol. The summed E-state index contributed by atoms with van der Waals surface area (Å²) < 4.78 is 6.72. The summed E-state index contributed by atoms with van der Waals surface area (Å²) in [5, 5.41) is 12.2. The van der Waals surface area contributed by atoms with Crippen molar-refractivity contribution in [1.82, 2.24) is 9.97 Å². The summed E-state index contributed by atoms with van der Waals surface area (Å²) in [6, 6.07) is 6.32. The van der Waals surface area contributed by atoms with Gasteiger partial charge in [-0.25, -0.2) is 9.78 Å². The molecule has 3 N–H and O–H groups in total. The number of carbonyl (C=O) groups is 2. The van der Waals surface area contributed by atoms with E-state index in [2.05, 4.69) is 17.2 Å². The van der Waals surface area contributed by atoms with Crippen molar-refractivity contribution in [1.29, 1.82) is 0 Å². The van der Waals surface area contributed by atoms with E-state index in [1.807, 2.05) is 0 Å². The van der Waals surface area contributed by atoms with E-state index in [1.165, 1.54) is 50.7 Å². The number of aromatic amines is 1. The third-order valence-electron chi connectivity index (χ3n) is 9.39. The van der Waals surface area contributed by atoms with Crippen LogP contribution in [0.1, 0.15) is 110 Å². The molecule has 0 radical (unpaired) electrons. The molecule has 0 spiro atoms. The second-order valence-electron chi connectivity index (χ2n) is 12.3. The number of hydrogen-bond donors (Lipinski definition) is 3. The lowest BCUT2D eigenvalue weighted by atomic mass is 9.54. The van der Waals surface area contributed by atoms with Gasteiger partial charge in [0.25, 0.3) is 5.91 Å². The van der Waals surface area contributed by atoms with E-state index in [-0.39, 0.29) is 22.5 Å². The Bertz CT molecular complexity index is 1130. The molecule has 0 saturated heterocycles. The van der Waals surface area contributed by atoms with Gasteiger partial charge in [-0.1, -0.05) is 32.3 Å². The Hall–Kier alpha value is -2.67. The number of amides is 1. The number of carboxylic acid groups (broad SMARTS) is 1. The minimum atomic E-state index is -1.02. The van der Waals surface area contributed by atoms with Crippen LogP contribution < -0.4 is 5.32 Å². The molecular formula is C29H37N3O4. The summed E-state index contributed by atoms with van der Waals surface area (Å²) in [6.07, 6.45) is 13.2. The van der Waals surface area contributed by atoms with Crippen molar-refractivity contribution in [3.05, 3.63) is 47.0 Å². The van der Waals surface area contributed by atoms with Crippen LogP contribution >= 0.6 is 0 Å². The van der Waals surface area contributed by atoms with Gasteiger partial charge in [0.05, 0.1) is 23.5 Å². The zero-order valence-corrected chi connectivity index (χ0v) is 21.1. The second-order valence-corrected chi connectivity index (χ2v) is 12.3. The van der Waals surface area contributed by atoms with Crippen LogP contribution in [-0.2, 0) is 16.8 Å². The zero-order valence-electron chi connectivity index (χ0n) is 21.1. The maximum absolute atomic E-state index is 13.4. The molecule has 0 unspecified atom stereocenters. The normalized spacial score (nSPS) is 30.3. The molecule has 1 aromatic heterocycles. The highest BCUT2D eigenvalue weighted by Gasteiger charge is 2.51. The zero-order chi connectivity index (χ0) is 24.9. The fraction of sp³-hybridized carbons (Fsp3) is 0.621. The van der Waals surface area contributed by atoms with Gasteiger partial charge in [-0.2, -0.15) is 0 Å². The molecule has 2 aromatic rings. The molecule has 1 heterocycles. The van der Waals surface area contributed by atoms with Crippen molar-refractivity contribution >= 4 is 17.6 Å². The number of carboxylic acids is 1. The van der Waals surface area contributed by atoms with Gasteiger partial charge in [-0.05, 0) is 87.3 Å². The molecule has 1 amide bonds. The van der Waals surface area contributed by atoms with Gasteiger partial charge in [0.1, 0.15) is 5.82 Å². The fourth-order valence-electron chi connectivity index (χ4n) is 7.91. The number of nitrogens with one attached hydrogen (secondary N) is 2. The molecule has 4 bridgehead atoms. The van der Waals surface area contributed by atoms with Crippen molar-refractivity contribution in [2.75, 3.05) is 5.32 Å². The number of benzene rings is 1. The fourth-order valence-corrected chi connectivity index (χ4v) is 7.91. The lowest BCUT2D eigenvalue weighted by Gasteiger charge is -2.56. The number of rotatable bonds is 7. The molecule has 5 saturated carbocycles. The van der Waals surface area contributed by atoms with E-state index < -0.39 is 5.97 Å². The van der Waals surface area contributed by atoms with E-state index >= 15 is 0 Å². The first-order chi connectivity index (χ1) is 17.3. The summed E-state index contributed by atoms with van der Waals surface area (Å²) in [5.41, 5.74) is 1.55. The molecule has 36 heavy (non-hydrogen) atoms. The molecule has 0 aliphatic heterocycles. The third-order valence-corrected chi connectivity index (χ3v) is 9.39. The smallest absolute Gasteiger partial charge is 0.335 e. The van der Waals surface area contributed by atoms with Crippen molar-refractivity contribution in [2.45, 2.75) is 95.2 Å². The Labute approximate surface area is 212 Å². The first-order valence-corrected chi connectivity index (χ1v) is 13.7. The summed E-state index contributed by atoms with van der Waals surface area (Å²) in [7, 11) is 0. The number of anilines is 1. The Balaban J connectivity index is 1.26. The van der Waals surface area contributed by atoms with E-state index in [1.54, 1.807) is 12.1 Å². The number of ether oxygens (including phenoxy) is 1. The highest BCUT2D eigenvalue weighted by Crippen LogP contribution is 2.57. The van der Waals surface area contributed by atoms with Crippen LogP contribution in [0, 0.1) is 17.8 Å². The summed E-state index contributed by atoms with van der Waals surface area (Å²) in [6.45, 7) is 2.60. The number of hydrogen-bond acceptors (Lipinski definition) is 4. The quantitative estimate of drug-likeness (QED) is 0.436. The summed E-state index contributed by atoms with van der Waals surface area (Å²) >= 11 is 0. The van der Waals surface area contributed by atoms with E-state index in [0.717, 1.165) is 61.4 Å². The maximum Gasteiger partial charge on any atom is 0.335 e. The predicted molar refractivity (Wildman–Crippen MR) is 136 cm³/mol. The van der Waals surface area contributed by atoms with Crippen molar-refractivity contribution in [3.63, 3.8) is 0 Å². The number of imidazole rings is 1. The monoisotopic (exact) mass is 491 g/mol. The van der Waals surface area contributed by atoms with Crippen molar-refractivity contribution < 1.29 is 19.4 Å². The second kappa shape index (κ2) is 9.02. The SMILES string of the molecule is CC1(c2nc(C(=O)Nc3cccc(C(=O)O)c3)c(COC34CC5CC(CC(C5)C3)C4)[nH]2)CCCCC1. The number of carbonyl (C=O) groups excluding carboxylic acids is 1. The molecule has 7 nitrogen and oxygen atoms in total. The van der Waals surface area contributed by atoms with Crippen LogP contribution in [0.5, 0.6) is 0 Å². The standard InChI is InChI=1S/C29H37N3O4/c1-28(8-3-2-4-9-28)27-31-23(17-36-29-14-18-10-19(15-29)12-20(11-18)16-29)24(32-27)25(33)30-22-7-5-6-21(13-22)26(34)35/h5-7,13,18-20H,2-4,8-12,14-17H2,1H3,(H,30,33)(H,31,32)(H,34,35). The first kappa shape index (κ1) is 23.7. The predicted octanol–water partition coefficient (Wildman–Crippen LogP) is 6.07. The van der Waals surface area contributed by atoms with Crippen LogP contribution in [0.4, 0.5) is 5.69 Å². The number of aromatic nitrogens is 2. The van der Waals surface area contributed by atoms with Gasteiger partial charge in [-0.15, -0.1) is 0 Å². The summed E-state index contributed by atoms with van der Waals surface area (Å²) in [5.74, 6) is 1.89. The lowest BCUT2D eigenvalue weighted by molar-refractivity contribution is -0.169. The Morgan fingerprint density at radius 1 is 1.08 bits per heavy atom. The van der Waals surface area contributed by atoms with Gasteiger partial charge in [0.2, 0.25) is 0 Å². The molecule has 7 rings (SSSR count). The Kier molecular flexibility index (Phi) is 5.94. The van der Waals surface area contributed by atoms with Crippen molar-refractivity contribution in [3.8, 4) is 0 Å². The van der Waals surface area contributed by atoms with E-state index in [0.29, 0.717) is 18.0 Å². The van der Waals surface area contributed by atoms with Gasteiger partial charge in [0, 0.05) is 11.1 Å². The van der Waals surface area contributed by atoms with Gasteiger partial charge < -0.3 is 20.1 Å². The van der Waals surface area contributed by atoms with Crippen LogP contribution in [0.2, 0.25) is 0 Å². The topological polar surface area (TPSA) is 104 Å². The molecule has 5 fully saturated rings. The van der Waals surface area contributed by atoms with Crippen LogP contribution in [0.25, 0.3) is 0 Å². The molecule has 1 aromatic carbocycles. The van der Waals surface area contributed by atoms with Crippen LogP contribution in [-0.4, -0.2) is 32.6 Å². The Morgan fingerprint density at radius 3 is 2.39 bits per heavy atom. The average molecular weight is 492 g/mol. The van der Waals surface area contributed by atoms with Gasteiger partial charge in [0.15, 0.2) is 5.69 Å². The first-order valence-electron chi connectivity index (χ1n) is 13.7. The minimum absolute atomic E-state index is 0.0572. The third kappa shape index (κ3) is 4.47. The molecule has 192 valence electrons. The Morgan fingerprint density at radius 2 is 1.75 bits per heavy atom. The molecule has 5 aliphatic carbocycles. The van der Waals surface area contributed by atoms with Crippen molar-refractivity contribution in [2.24, 2.45) is 17.8 Å². The maximum atomic E-state index is 13.4. The minimum Gasteiger partial charge on any atom is -0.478 e. The summed E-state index contributed by atoms with van der Waals surface area (Å²) in [4.78, 5) is 33.2. The van der Waals surface area contributed by atoms with E-state index in [9.17, 15) is 14.7 Å². The number of H-pyrrole nitrogens is 1. The molecule has 0 atom stereocenters. The highest BCUT2D eigenvalue weighted by molar-refractivity contribution is 6.04. The molecule has 5 aliphatic rings. The number of nitrogens with zero attached hydrogens (tertiary/aromatic N) is 1. The largest absolute Gasteiger partial charge is 0.478 e. The molecule has 7 heteroatoms.